The van der Waals surface area contributed by atoms with Gasteiger partial charge < -0.3 is 9.84 Å². The van der Waals surface area contributed by atoms with E-state index in [0.717, 1.165) is 0 Å². The second-order valence-corrected chi connectivity index (χ2v) is 9.76. The number of hydrogen-bond acceptors (Lipinski definition) is 7. The van der Waals surface area contributed by atoms with Crippen LogP contribution >= 0.6 is 15.9 Å². The summed E-state index contributed by atoms with van der Waals surface area (Å²) in [6.45, 7) is 3.66. The van der Waals surface area contributed by atoms with Crippen molar-refractivity contribution in [3.63, 3.8) is 0 Å². The van der Waals surface area contributed by atoms with E-state index >= 15 is 0 Å². The molecule has 1 N–H and O–H groups in total. The molecule has 0 amide bonds. The summed E-state index contributed by atoms with van der Waals surface area (Å²) in [5, 5.41) is 21.4. The van der Waals surface area contributed by atoms with E-state index in [1.54, 1.807) is 19.1 Å². The number of ketones is 1. The van der Waals surface area contributed by atoms with Crippen molar-refractivity contribution in [3.05, 3.63) is 40.6 Å². The highest BCUT2D eigenvalue weighted by molar-refractivity contribution is 9.10. The Kier molecular flexibility index (Phi) is 4.09. The van der Waals surface area contributed by atoms with E-state index < -0.39 is 40.4 Å². The van der Waals surface area contributed by atoms with Crippen molar-refractivity contribution in [2.45, 2.75) is 43.9 Å². The molecule has 30 heavy (non-hydrogen) atoms. The molecule has 2 heterocycles. The third-order valence-corrected chi connectivity index (χ3v) is 8.21. The number of aliphatic hydroxyl groups is 1. The summed E-state index contributed by atoms with van der Waals surface area (Å²) in [4.78, 5) is 26.0. The standard InChI is InChI=1S/C21H21BrFN3O4/c1-11-3-5-13-17(19(2)16(27)7-8-21(11,19)29)30-18(28)20(13)10-26(25-24-20)15-9-12(23)4-6-14(15)22/h4,6-9,11,13,17,29H,3,5,10H2,1-2H3/t11-,13?,17?,19-,20?,21+/m0/s1. The predicted octanol–water partition coefficient (Wildman–Crippen LogP) is 3.36. The Bertz CT molecular complexity index is 1030. The van der Waals surface area contributed by atoms with Crippen LogP contribution < -0.4 is 5.01 Å². The number of carbonyl (C=O) groups excluding carboxylic acids is 2. The lowest BCUT2D eigenvalue weighted by Crippen LogP contribution is -2.57. The number of anilines is 1. The summed E-state index contributed by atoms with van der Waals surface area (Å²) in [6.07, 6.45) is 3.27. The number of benzene rings is 1. The van der Waals surface area contributed by atoms with Crippen LogP contribution in [0.5, 0.6) is 0 Å². The molecule has 0 radical (unpaired) electrons. The Morgan fingerprint density at radius 2 is 2.10 bits per heavy atom. The Hall–Kier alpha value is -2.13. The summed E-state index contributed by atoms with van der Waals surface area (Å²) >= 11 is 3.39. The number of allylic oxidation sites excluding steroid dienone is 1. The van der Waals surface area contributed by atoms with E-state index in [4.69, 9.17) is 4.74 Å². The molecule has 1 spiro atoms. The van der Waals surface area contributed by atoms with Crippen molar-refractivity contribution in [1.29, 1.82) is 0 Å². The van der Waals surface area contributed by atoms with Gasteiger partial charge in [-0.15, -0.1) is 5.11 Å². The molecule has 4 aliphatic rings. The van der Waals surface area contributed by atoms with Gasteiger partial charge >= 0.3 is 5.97 Å². The number of ether oxygens (including phenoxy) is 1. The molecule has 9 heteroatoms. The molecule has 1 aromatic rings. The smallest absolute Gasteiger partial charge is 0.338 e. The molecule has 0 bridgehead atoms. The van der Waals surface area contributed by atoms with Crippen molar-refractivity contribution < 1.29 is 23.8 Å². The van der Waals surface area contributed by atoms with Gasteiger partial charge in [-0.2, -0.15) is 0 Å². The molecule has 2 aliphatic carbocycles. The van der Waals surface area contributed by atoms with E-state index in [-0.39, 0.29) is 18.2 Å². The topological polar surface area (TPSA) is 91.6 Å². The lowest BCUT2D eigenvalue weighted by molar-refractivity contribution is -0.166. The van der Waals surface area contributed by atoms with E-state index in [1.807, 2.05) is 6.92 Å². The van der Waals surface area contributed by atoms with Gasteiger partial charge in [0.2, 0.25) is 5.54 Å². The molecule has 1 aromatic carbocycles. The summed E-state index contributed by atoms with van der Waals surface area (Å²) in [6, 6.07) is 4.21. The van der Waals surface area contributed by atoms with E-state index in [0.29, 0.717) is 23.0 Å². The van der Waals surface area contributed by atoms with Gasteiger partial charge in [-0.05, 0) is 65.9 Å². The van der Waals surface area contributed by atoms with Crippen molar-refractivity contribution >= 4 is 33.4 Å². The Labute approximate surface area is 181 Å². The van der Waals surface area contributed by atoms with Crippen LogP contribution in [0.25, 0.3) is 0 Å². The number of nitrogens with zero attached hydrogens (tertiary/aromatic N) is 3. The second kappa shape index (κ2) is 6.20. The summed E-state index contributed by atoms with van der Waals surface area (Å²) in [5.41, 5.74) is -3.52. The maximum Gasteiger partial charge on any atom is 0.338 e. The first-order valence-corrected chi connectivity index (χ1v) is 10.8. The average molecular weight is 478 g/mol. The van der Waals surface area contributed by atoms with Gasteiger partial charge in [0.1, 0.15) is 17.5 Å². The summed E-state index contributed by atoms with van der Waals surface area (Å²) < 4.78 is 20.2. The lowest BCUT2D eigenvalue weighted by atomic mass is 9.63. The molecular formula is C21H21BrFN3O4. The molecule has 158 valence electrons. The van der Waals surface area contributed by atoms with Crippen LogP contribution in [0.2, 0.25) is 0 Å². The number of rotatable bonds is 1. The number of fused-ring (bicyclic) bond motifs is 4. The van der Waals surface area contributed by atoms with Crippen LogP contribution in [0.15, 0.2) is 45.2 Å². The fourth-order valence-corrected chi connectivity index (χ4v) is 6.04. The van der Waals surface area contributed by atoms with Crippen LogP contribution in [0, 0.1) is 23.1 Å². The quantitative estimate of drug-likeness (QED) is 0.626. The Morgan fingerprint density at radius 3 is 2.87 bits per heavy atom. The molecule has 1 saturated heterocycles. The maximum absolute atomic E-state index is 13.8. The fraction of sp³-hybridized carbons (Fsp3) is 0.524. The molecule has 7 nitrogen and oxygen atoms in total. The number of hydrogen-bond donors (Lipinski definition) is 1. The van der Waals surface area contributed by atoms with Crippen LogP contribution in [0.1, 0.15) is 26.7 Å². The van der Waals surface area contributed by atoms with Gasteiger partial charge in [0.05, 0.1) is 17.6 Å². The molecule has 2 fully saturated rings. The SMILES string of the molecule is C[C@H]1CCC2C(OC(=O)C23CN(c2cc(F)ccc2Br)N=N3)[C@]2(C)C(=O)C=C[C@@]12O. The normalized spacial score (nSPS) is 41.9. The highest BCUT2D eigenvalue weighted by atomic mass is 79.9. The minimum Gasteiger partial charge on any atom is -0.459 e. The molecular weight excluding hydrogens is 457 g/mol. The van der Waals surface area contributed by atoms with Crippen LogP contribution in [-0.2, 0) is 14.3 Å². The third-order valence-electron chi connectivity index (χ3n) is 7.54. The van der Waals surface area contributed by atoms with Crippen LogP contribution in [0.3, 0.4) is 0 Å². The van der Waals surface area contributed by atoms with E-state index in [9.17, 15) is 19.1 Å². The first kappa shape index (κ1) is 19.8. The molecule has 3 unspecified atom stereocenters. The van der Waals surface area contributed by atoms with E-state index in [1.165, 1.54) is 23.2 Å². The highest BCUT2D eigenvalue weighted by Crippen LogP contribution is 2.59. The molecule has 5 rings (SSSR count). The minimum absolute atomic E-state index is 0.0829. The van der Waals surface area contributed by atoms with Gasteiger partial charge in [0, 0.05) is 16.5 Å². The predicted molar refractivity (Wildman–Crippen MR) is 108 cm³/mol. The molecule has 6 atom stereocenters. The van der Waals surface area contributed by atoms with Gasteiger partial charge in [-0.3, -0.25) is 4.79 Å². The van der Waals surface area contributed by atoms with Gasteiger partial charge in [-0.25, -0.2) is 14.2 Å². The number of esters is 1. The Morgan fingerprint density at radius 1 is 1.33 bits per heavy atom. The summed E-state index contributed by atoms with van der Waals surface area (Å²) in [7, 11) is 0. The average Bonchev–Trinajstić information content (AvgIpc) is 3.33. The lowest BCUT2D eigenvalue weighted by Gasteiger charge is -2.43. The largest absolute Gasteiger partial charge is 0.459 e. The number of halogens is 2. The summed E-state index contributed by atoms with van der Waals surface area (Å²) in [5.74, 6) is -1.87. The van der Waals surface area contributed by atoms with Gasteiger partial charge in [-0.1, -0.05) is 12.1 Å². The third kappa shape index (κ3) is 2.27. The molecule has 2 aliphatic heterocycles. The zero-order valence-corrected chi connectivity index (χ0v) is 18.1. The monoisotopic (exact) mass is 477 g/mol. The zero-order chi connectivity index (χ0) is 21.5. The number of carbonyl (C=O) groups is 2. The fourth-order valence-electron chi connectivity index (χ4n) is 5.59. The van der Waals surface area contributed by atoms with Gasteiger partial charge in [0.25, 0.3) is 0 Å². The first-order chi connectivity index (χ1) is 14.1. The minimum atomic E-state index is -1.39. The zero-order valence-electron chi connectivity index (χ0n) is 16.5. The first-order valence-electron chi connectivity index (χ1n) is 9.96. The van der Waals surface area contributed by atoms with Crippen molar-refractivity contribution in [2.24, 2.45) is 27.6 Å². The van der Waals surface area contributed by atoms with Crippen molar-refractivity contribution in [2.75, 3.05) is 11.6 Å². The van der Waals surface area contributed by atoms with Crippen molar-refractivity contribution in [3.8, 4) is 0 Å². The van der Waals surface area contributed by atoms with Crippen molar-refractivity contribution in [1.82, 2.24) is 0 Å². The van der Waals surface area contributed by atoms with Crippen LogP contribution in [0.4, 0.5) is 10.1 Å². The van der Waals surface area contributed by atoms with E-state index in [2.05, 4.69) is 26.3 Å². The molecule has 1 saturated carbocycles. The molecule has 0 aromatic heterocycles. The Balaban J connectivity index is 1.55. The van der Waals surface area contributed by atoms with Crippen LogP contribution in [-0.4, -0.2) is 40.6 Å². The highest BCUT2D eigenvalue weighted by Gasteiger charge is 2.72. The maximum atomic E-state index is 13.8. The second-order valence-electron chi connectivity index (χ2n) is 8.90. The van der Waals surface area contributed by atoms with Gasteiger partial charge in [0.15, 0.2) is 5.78 Å².